The van der Waals surface area contributed by atoms with E-state index >= 15 is 0 Å². The zero-order chi connectivity index (χ0) is 18.5. The highest BCUT2D eigenvalue weighted by Gasteiger charge is 2.19. The van der Waals surface area contributed by atoms with Crippen molar-refractivity contribution in [1.29, 1.82) is 0 Å². The van der Waals surface area contributed by atoms with E-state index in [9.17, 15) is 9.18 Å². The number of methoxy groups -OCH3 is 1. The molecule has 0 N–H and O–H groups in total. The molecule has 1 aromatic heterocycles. The van der Waals surface area contributed by atoms with Gasteiger partial charge in [0.25, 0.3) is 0 Å². The Morgan fingerprint density at radius 3 is 2.50 bits per heavy atom. The molecule has 3 aromatic rings. The number of ether oxygens (including phenoxy) is 3. The zero-order valence-electron chi connectivity index (χ0n) is 14.2. The van der Waals surface area contributed by atoms with Crippen LogP contribution < -0.4 is 14.2 Å². The van der Waals surface area contributed by atoms with Crippen LogP contribution in [0.2, 0.25) is 0 Å². The van der Waals surface area contributed by atoms with Gasteiger partial charge in [0.2, 0.25) is 0 Å². The molecule has 0 fully saturated rings. The van der Waals surface area contributed by atoms with Crippen molar-refractivity contribution in [3.63, 3.8) is 0 Å². The van der Waals surface area contributed by atoms with E-state index in [1.165, 1.54) is 42.7 Å². The summed E-state index contributed by atoms with van der Waals surface area (Å²) in [6, 6.07) is 12.6. The summed E-state index contributed by atoms with van der Waals surface area (Å²) in [5.74, 6) is 0.513. The Labute approximate surface area is 154 Å². The number of rotatable bonds is 6. The smallest absolute Gasteiger partial charge is 0.355 e. The molecular formula is C19H16FNO4S. The number of hydrogen-bond acceptors (Lipinski definition) is 6. The number of carbonyl (C=O) groups excluding carboxylic acids is 1. The molecule has 0 amide bonds. The van der Waals surface area contributed by atoms with Crippen LogP contribution in [0, 0.1) is 12.7 Å². The van der Waals surface area contributed by atoms with Crippen molar-refractivity contribution in [3.8, 4) is 17.2 Å². The van der Waals surface area contributed by atoms with Gasteiger partial charge in [0.05, 0.1) is 12.8 Å². The van der Waals surface area contributed by atoms with Gasteiger partial charge in [-0.05, 0) is 43.3 Å². The van der Waals surface area contributed by atoms with Crippen LogP contribution in [0.3, 0.4) is 0 Å². The number of aromatic nitrogens is 1. The molecule has 3 rings (SSSR count). The molecule has 0 unspecified atom stereocenters. The number of nitrogens with zero attached hydrogens (tertiary/aromatic N) is 1. The quantitative estimate of drug-likeness (QED) is 0.474. The van der Waals surface area contributed by atoms with E-state index in [1.54, 1.807) is 31.2 Å². The third-order valence-electron chi connectivity index (χ3n) is 3.47. The van der Waals surface area contributed by atoms with E-state index in [0.717, 1.165) is 0 Å². The second-order valence-corrected chi connectivity index (χ2v) is 6.39. The first-order valence-electron chi connectivity index (χ1n) is 7.76. The predicted molar refractivity (Wildman–Crippen MR) is 95.5 cm³/mol. The van der Waals surface area contributed by atoms with E-state index in [4.69, 9.17) is 14.2 Å². The minimum Gasteiger partial charge on any atom is -0.493 e. The molecule has 26 heavy (non-hydrogen) atoms. The second kappa shape index (κ2) is 7.97. The number of aryl methyl sites for hydroxylation is 1. The Balaban J connectivity index is 1.69. The molecule has 2 aromatic carbocycles. The van der Waals surface area contributed by atoms with Crippen molar-refractivity contribution in [2.75, 3.05) is 7.11 Å². The first-order chi connectivity index (χ1) is 12.6. The number of para-hydroxylation sites is 2. The zero-order valence-corrected chi connectivity index (χ0v) is 15.0. The fourth-order valence-electron chi connectivity index (χ4n) is 2.23. The summed E-state index contributed by atoms with van der Waals surface area (Å²) in [7, 11) is 1.51. The molecule has 0 spiro atoms. The first kappa shape index (κ1) is 17.9. The van der Waals surface area contributed by atoms with E-state index in [1.807, 2.05) is 0 Å². The van der Waals surface area contributed by atoms with Crippen LogP contribution in [-0.4, -0.2) is 18.1 Å². The number of esters is 1. The molecule has 0 saturated heterocycles. The number of benzene rings is 2. The van der Waals surface area contributed by atoms with Crippen molar-refractivity contribution >= 4 is 17.3 Å². The first-order valence-corrected chi connectivity index (χ1v) is 8.58. The summed E-state index contributed by atoms with van der Waals surface area (Å²) < 4.78 is 29.1. The molecule has 0 bridgehead atoms. The average molecular weight is 373 g/mol. The summed E-state index contributed by atoms with van der Waals surface area (Å²) >= 11 is 1.20. The lowest BCUT2D eigenvalue weighted by molar-refractivity contribution is 0.0734. The summed E-state index contributed by atoms with van der Waals surface area (Å²) in [4.78, 5) is 17.2. The van der Waals surface area contributed by atoms with E-state index in [2.05, 4.69) is 4.98 Å². The van der Waals surface area contributed by atoms with Gasteiger partial charge in [-0.1, -0.05) is 12.1 Å². The van der Waals surface area contributed by atoms with Crippen LogP contribution in [-0.2, 0) is 6.61 Å². The van der Waals surface area contributed by atoms with Gasteiger partial charge >= 0.3 is 5.97 Å². The summed E-state index contributed by atoms with van der Waals surface area (Å²) in [5, 5.41) is 0.624. The number of thiazole rings is 1. The SMILES string of the molecule is COc1ccccc1OC(=O)c1sc(COc2ccc(F)cc2)nc1C. The van der Waals surface area contributed by atoms with E-state index < -0.39 is 5.97 Å². The lowest BCUT2D eigenvalue weighted by Crippen LogP contribution is -2.08. The average Bonchev–Trinajstić information content (AvgIpc) is 3.02. The topological polar surface area (TPSA) is 57.7 Å². The van der Waals surface area contributed by atoms with Gasteiger partial charge in [-0.3, -0.25) is 0 Å². The fraction of sp³-hybridized carbons (Fsp3) is 0.158. The Bertz CT molecular complexity index is 908. The van der Waals surface area contributed by atoms with Gasteiger partial charge in [0.1, 0.15) is 28.1 Å². The van der Waals surface area contributed by atoms with Crippen molar-refractivity contribution in [1.82, 2.24) is 4.98 Å². The fourth-order valence-corrected chi connectivity index (χ4v) is 3.08. The van der Waals surface area contributed by atoms with E-state index in [-0.39, 0.29) is 12.4 Å². The van der Waals surface area contributed by atoms with Gasteiger partial charge in [0.15, 0.2) is 11.5 Å². The molecule has 0 saturated carbocycles. The van der Waals surface area contributed by atoms with Crippen molar-refractivity contribution in [3.05, 3.63) is 69.9 Å². The Kier molecular flexibility index (Phi) is 5.48. The Morgan fingerprint density at radius 1 is 1.12 bits per heavy atom. The van der Waals surface area contributed by atoms with Gasteiger partial charge in [-0.15, -0.1) is 11.3 Å². The van der Waals surface area contributed by atoms with Crippen molar-refractivity contribution < 1.29 is 23.4 Å². The predicted octanol–water partition coefficient (Wildman–Crippen LogP) is 4.40. The standard InChI is InChI=1S/C19H16FNO4S/c1-12-18(19(22)25-16-6-4-3-5-15(16)23-2)26-17(21-12)11-24-14-9-7-13(20)8-10-14/h3-10H,11H2,1-2H3. The number of carbonyl (C=O) groups is 1. The van der Waals surface area contributed by atoms with Crippen LogP contribution >= 0.6 is 11.3 Å². The lowest BCUT2D eigenvalue weighted by atomic mass is 10.3. The van der Waals surface area contributed by atoms with Crippen LogP contribution in [0.25, 0.3) is 0 Å². The maximum atomic E-state index is 12.9. The molecule has 7 heteroatoms. The monoisotopic (exact) mass is 373 g/mol. The molecule has 1 heterocycles. The molecule has 0 radical (unpaired) electrons. The van der Waals surface area contributed by atoms with Gasteiger partial charge in [0, 0.05) is 0 Å². The van der Waals surface area contributed by atoms with Gasteiger partial charge < -0.3 is 14.2 Å². The third kappa shape index (κ3) is 4.18. The highest BCUT2D eigenvalue weighted by Crippen LogP contribution is 2.28. The highest BCUT2D eigenvalue weighted by molar-refractivity contribution is 7.13. The third-order valence-corrected chi connectivity index (χ3v) is 4.58. The Morgan fingerprint density at radius 2 is 1.81 bits per heavy atom. The Hall–Kier alpha value is -2.93. The largest absolute Gasteiger partial charge is 0.493 e. The highest BCUT2D eigenvalue weighted by atomic mass is 32.1. The van der Waals surface area contributed by atoms with Gasteiger partial charge in [-0.2, -0.15) is 0 Å². The van der Waals surface area contributed by atoms with Gasteiger partial charge in [-0.25, -0.2) is 14.2 Å². The molecule has 0 aliphatic rings. The maximum absolute atomic E-state index is 12.9. The molecule has 0 atom stereocenters. The van der Waals surface area contributed by atoms with E-state index in [0.29, 0.717) is 32.8 Å². The minimum atomic E-state index is -0.502. The normalized spacial score (nSPS) is 10.4. The van der Waals surface area contributed by atoms with Crippen molar-refractivity contribution in [2.24, 2.45) is 0 Å². The molecule has 5 nitrogen and oxygen atoms in total. The number of hydrogen-bond donors (Lipinski definition) is 0. The second-order valence-electron chi connectivity index (χ2n) is 5.31. The molecule has 0 aliphatic heterocycles. The lowest BCUT2D eigenvalue weighted by Gasteiger charge is -2.07. The molecule has 0 aliphatic carbocycles. The maximum Gasteiger partial charge on any atom is 0.355 e. The summed E-state index contributed by atoms with van der Waals surface area (Å²) in [5.41, 5.74) is 0.563. The summed E-state index contributed by atoms with van der Waals surface area (Å²) in [6.07, 6.45) is 0. The number of halogens is 1. The van der Waals surface area contributed by atoms with Crippen LogP contribution in [0.5, 0.6) is 17.2 Å². The van der Waals surface area contributed by atoms with Crippen LogP contribution in [0.15, 0.2) is 48.5 Å². The van der Waals surface area contributed by atoms with Crippen LogP contribution in [0.4, 0.5) is 4.39 Å². The summed E-state index contributed by atoms with van der Waals surface area (Å²) in [6.45, 7) is 1.91. The van der Waals surface area contributed by atoms with Crippen molar-refractivity contribution in [2.45, 2.75) is 13.5 Å². The van der Waals surface area contributed by atoms with Crippen LogP contribution in [0.1, 0.15) is 20.4 Å². The molecule has 134 valence electrons. The molecular weight excluding hydrogens is 357 g/mol. The minimum absolute atomic E-state index is 0.180.